The molecule has 5 aliphatic rings. The molecular weight excluding hydrogens is 528 g/mol. The zero-order valence-corrected chi connectivity index (χ0v) is 25.0. The number of aliphatic hydroxyl groups is 1. The summed E-state index contributed by atoms with van der Waals surface area (Å²) in [6.07, 6.45) is 5.78. The number of cyclic esters (lactones) is 1. The lowest BCUT2D eigenvalue weighted by Crippen LogP contribution is -2.72. The molecule has 1 aromatic rings. The van der Waals surface area contributed by atoms with Gasteiger partial charge in [0.15, 0.2) is 5.79 Å². The van der Waals surface area contributed by atoms with Crippen LogP contribution in [0, 0.1) is 39.9 Å². The van der Waals surface area contributed by atoms with Crippen LogP contribution in [0.1, 0.15) is 85.3 Å². The summed E-state index contributed by atoms with van der Waals surface area (Å²) in [5.41, 5.74) is -1.62. The number of hydrogen-bond donors (Lipinski definition) is 1. The van der Waals surface area contributed by atoms with E-state index in [1.54, 1.807) is 32.4 Å². The van der Waals surface area contributed by atoms with Crippen LogP contribution in [0.4, 0.5) is 0 Å². The number of hydrogen-bond acceptors (Lipinski definition) is 9. The van der Waals surface area contributed by atoms with Gasteiger partial charge < -0.3 is 28.5 Å². The van der Waals surface area contributed by atoms with Gasteiger partial charge in [0.1, 0.15) is 12.2 Å². The summed E-state index contributed by atoms with van der Waals surface area (Å²) < 4.78 is 29.7. The SMILES string of the molecule is C/C=C(\C)C(=O)O[C@@H]1[C@@H]2C[C@@]34O[C@]2(O)[C@@](C)([C@@H](CC(=O)OC)C1(C)C)[C@H]3CC[C@]1(C)[C@H]4CC(=O)O[C@H]1c1ccoc1. The Bertz CT molecular complexity index is 1300. The third kappa shape index (κ3) is 3.45. The lowest BCUT2D eigenvalue weighted by Gasteiger charge is -2.66. The number of ether oxygens (including phenoxy) is 4. The molecule has 224 valence electrons. The smallest absolute Gasteiger partial charge is 0.333 e. The van der Waals surface area contributed by atoms with Crippen LogP contribution in [-0.4, -0.2) is 47.6 Å². The van der Waals surface area contributed by atoms with Gasteiger partial charge in [-0.05, 0) is 51.0 Å². The number of allylic oxidation sites excluding steroid dienone is 1. The van der Waals surface area contributed by atoms with Gasteiger partial charge in [0.25, 0.3) is 0 Å². The molecule has 6 rings (SSSR count). The number of furan rings is 1. The van der Waals surface area contributed by atoms with Crippen LogP contribution < -0.4 is 0 Å². The molecule has 1 spiro atoms. The molecule has 2 saturated carbocycles. The van der Waals surface area contributed by atoms with Crippen LogP contribution in [0.3, 0.4) is 0 Å². The standard InChI is InChI=1S/C32H42O9/c1-8-17(2)27(35)40-26-19-15-31-20(30(6,32(19,36)41-31)21(28(26,3)4)13-23(33)37-7)9-11-29(5)22(31)14-24(34)39-25(29)18-10-12-38-16-18/h8,10,12,16,19-22,25-26,36H,9,11,13-15H2,1-7H3/b17-8+/t19-,20+,21-,22+,25-,26+,29+,30+,31+,32-/m0/s1. The van der Waals surface area contributed by atoms with Crippen molar-refractivity contribution in [2.45, 2.75) is 97.2 Å². The van der Waals surface area contributed by atoms with E-state index in [0.717, 1.165) is 18.4 Å². The summed E-state index contributed by atoms with van der Waals surface area (Å²) in [6.45, 7) is 11.7. The van der Waals surface area contributed by atoms with Gasteiger partial charge >= 0.3 is 17.9 Å². The Labute approximate surface area is 240 Å². The molecule has 0 aromatic carbocycles. The molecular formula is C32H42O9. The Balaban J connectivity index is 1.50. The molecule has 1 N–H and O–H groups in total. The van der Waals surface area contributed by atoms with Gasteiger partial charge in [0.2, 0.25) is 0 Å². The molecule has 3 saturated heterocycles. The largest absolute Gasteiger partial charge is 0.472 e. The van der Waals surface area contributed by atoms with Crippen LogP contribution in [0.2, 0.25) is 0 Å². The van der Waals surface area contributed by atoms with E-state index in [0.29, 0.717) is 12.0 Å². The molecule has 41 heavy (non-hydrogen) atoms. The summed E-state index contributed by atoms with van der Waals surface area (Å²) in [5.74, 6) is -4.19. The average molecular weight is 571 g/mol. The minimum Gasteiger partial charge on any atom is -0.472 e. The molecule has 2 bridgehead atoms. The van der Waals surface area contributed by atoms with Gasteiger partial charge in [-0.15, -0.1) is 0 Å². The van der Waals surface area contributed by atoms with E-state index in [1.807, 2.05) is 26.8 Å². The maximum absolute atomic E-state index is 13.2. The van der Waals surface area contributed by atoms with Crippen molar-refractivity contribution in [3.8, 4) is 0 Å². The lowest BCUT2D eigenvalue weighted by molar-refractivity contribution is -0.320. The highest BCUT2D eigenvalue weighted by atomic mass is 16.7. The molecule has 0 unspecified atom stereocenters. The molecule has 0 radical (unpaired) electrons. The van der Waals surface area contributed by atoms with Gasteiger partial charge in [0.05, 0.1) is 37.6 Å². The molecule has 9 nitrogen and oxygen atoms in total. The van der Waals surface area contributed by atoms with Gasteiger partial charge in [0, 0.05) is 39.7 Å². The number of methoxy groups -OCH3 is 1. The minimum absolute atomic E-state index is 0.0449. The molecule has 1 aromatic heterocycles. The van der Waals surface area contributed by atoms with Crippen LogP contribution in [-0.2, 0) is 33.3 Å². The zero-order valence-electron chi connectivity index (χ0n) is 25.0. The van der Waals surface area contributed by atoms with Crippen molar-refractivity contribution in [2.24, 2.45) is 39.9 Å². The highest BCUT2D eigenvalue weighted by Gasteiger charge is 2.87. The molecule has 5 fully saturated rings. The maximum Gasteiger partial charge on any atom is 0.333 e. The summed E-state index contributed by atoms with van der Waals surface area (Å²) >= 11 is 0. The summed E-state index contributed by atoms with van der Waals surface area (Å²) in [4.78, 5) is 39.3. The second kappa shape index (κ2) is 8.93. The fourth-order valence-electron chi connectivity index (χ4n) is 10.2. The Morgan fingerprint density at radius 1 is 1.20 bits per heavy atom. The number of fused-ring (bicyclic) bond motifs is 2. The van der Waals surface area contributed by atoms with Crippen molar-refractivity contribution in [1.82, 2.24) is 0 Å². The summed E-state index contributed by atoms with van der Waals surface area (Å²) in [6, 6.07) is 1.83. The van der Waals surface area contributed by atoms with Crippen LogP contribution in [0.25, 0.3) is 0 Å². The Hall–Kier alpha value is -2.65. The number of esters is 3. The normalized spacial score (nSPS) is 45.9. The molecule has 3 aliphatic heterocycles. The third-order valence-electron chi connectivity index (χ3n) is 12.2. The van der Waals surface area contributed by atoms with Gasteiger partial charge in [-0.2, -0.15) is 0 Å². The molecule has 0 amide bonds. The third-order valence-corrected chi connectivity index (χ3v) is 12.2. The maximum atomic E-state index is 13.2. The van der Waals surface area contributed by atoms with E-state index in [-0.39, 0.29) is 36.6 Å². The minimum atomic E-state index is -1.67. The second-order valence-electron chi connectivity index (χ2n) is 14.1. The summed E-state index contributed by atoms with van der Waals surface area (Å²) in [5, 5.41) is 12.8. The predicted molar refractivity (Wildman–Crippen MR) is 145 cm³/mol. The average Bonchev–Trinajstić information content (AvgIpc) is 3.61. The van der Waals surface area contributed by atoms with Crippen molar-refractivity contribution in [2.75, 3.05) is 7.11 Å². The van der Waals surface area contributed by atoms with Crippen molar-refractivity contribution in [1.29, 1.82) is 0 Å². The van der Waals surface area contributed by atoms with Crippen molar-refractivity contribution < 1.29 is 42.9 Å². The van der Waals surface area contributed by atoms with E-state index in [1.165, 1.54) is 7.11 Å². The Kier molecular flexibility index (Phi) is 6.20. The van der Waals surface area contributed by atoms with Crippen LogP contribution in [0.5, 0.6) is 0 Å². The first kappa shape index (κ1) is 28.5. The Morgan fingerprint density at radius 2 is 1.93 bits per heavy atom. The van der Waals surface area contributed by atoms with Crippen LogP contribution >= 0.6 is 0 Å². The molecule has 10 atom stereocenters. The van der Waals surface area contributed by atoms with E-state index in [4.69, 9.17) is 23.4 Å². The van der Waals surface area contributed by atoms with Crippen LogP contribution in [0.15, 0.2) is 34.7 Å². The summed E-state index contributed by atoms with van der Waals surface area (Å²) in [7, 11) is 1.36. The molecule has 2 aliphatic carbocycles. The molecule has 4 heterocycles. The first-order valence-corrected chi connectivity index (χ1v) is 14.8. The van der Waals surface area contributed by atoms with Crippen molar-refractivity contribution >= 4 is 17.9 Å². The fourth-order valence-corrected chi connectivity index (χ4v) is 10.2. The number of carbonyl (C=O) groups excluding carboxylic acids is 3. The van der Waals surface area contributed by atoms with E-state index < -0.39 is 57.6 Å². The predicted octanol–water partition coefficient (Wildman–Crippen LogP) is 4.88. The van der Waals surface area contributed by atoms with E-state index in [2.05, 4.69) is 6.92 Å². The van der Waals surface area contributed by atoms with Crippen molar-refractivity contribution in [3.05, 3.63) is 35.8 Å². The fraction of sp³-hybridized carbons (Fsp3) is 0.719. The first-order chi connectivity index (χ1) is 19.2. The number of carbonyl (C=O) groups is 3. The number of rotatable bonds is 5. The van der Waals surface area contributed by atoms with Crippen molar-refractivity contribution in [3.63, 3.8) is 0 Å². The second-order valence-corrected chi connectivity index (χ2v) is 14.1. The lowest BCUT2D eigenvalue weighted by atomic mass is 9.37. The highest BCUT2D eigenvalue weighted by Crippen LogP contribution is 2.81. The Morgan fingerprint density at radius 3 is 2.56 bits per heavy atom. The first-order valence-electron chi connectivity index (χ1n) is 14.8. The van der Waals surface area contributed by atoms with E-state index >= 15 is 0 Å². The monoisotopic (exact) mass is 570 g/mol. The highest BCUT2D eigenvalue weighted by molar-refractivity contribution is 5.87. The zero-order chi connectivity index (χ0) is 29.8. The quantitative estimate of drug-likeness (QED) is 0.300. The van der Waals surface area contributed by atoms with Gasteiger partial charge in [-0.3, -0.25) is 9.59 Å². The van der Waals surface area contributed by atoms with Gasteiger partial charge in [-0.25, -0.2) is 4.79 Å². The van der Waals surface area contributed by atoms with Gasteiger partial charge in [-0.1, -0.05) is 33.8 Å². The molecule has 9 heteroatoms. The topological polar surface area (TPSA) is 122 Å². The van der Waals surface area contributed by atoms with E-state index in [9.17, 15) is 19.5 Å².